The Morgan fingerprint density at radius 2 is 1.11 bits per heavy atom. The molecule has 1 aromatic heterocycles. The van der Waals surface area contributed by atoms with Gasteiger partial charge in [0.15, 0.2) is 0 Å². The minimum atomic E-state index is -3.89. The molecule has 0 fully saturated rings. The Morgan fingerprint density at radius 3 is 1.62 bits per heavy atom. The van der Waals surface area contributed by atoms with Crippen LogP contribution in [0.4, 0.5) is 0 Å². The number of hydrogen-bond acceptors (Lipinski definition) is 0. The molecular weight excluding hydrogens is 680 g/mol. The van der Waals surface area contributed by atoms with E-state index in [2.05, 4.69) is 148 Å². The van der Waals surface area contributed by atoms with E-state index < -0.39 is 11.9 Å². The number of hydrogen-bond donors (Lipinski definition) is 0. The number of halogens is 2. The molecule has 0 N–H and O–H groups in total. The van der Waals surface area contributed by atoms with Crippen LogP contribution in [0.3, 0.4) is 0 Å². The van der Waals surface area contributed by atoms with Gasteiger partial charge in [-0.05, 0) is 0 Å². The standard InChI is InChI=1S/C25H32N2.C15H10.2ClH.Ru/c1-7-9-22-15-18(3)13-20(5)24(22)26-11-12-27(17-26)25-21(6)14-19(4)16-23(25)10-8-2;1-2-6-12(7-3-1)15-11-10-13-8-4-5-9-14(13)15;;;/h11-16H,7-10H2,1-6H3;1-9,11H;2*1H;/q;;;;+2/p-2. The van der Waals surface area contributed by atoms with Gasteiger partial charge in [-0.2, -0.15) is 0 Å². The predicted octanol–water partition coefficient (Wildman–Crippen LogP) is 11.1. The summed E-state index contributed by atoms with van der Waals surface area (Å²) in [6.45, 7) is 13.3. The Morgan fingerprint density at radius 1 is 0.622 bits per heavy atom. The number of aryl methyl sites for hydroxylation is 6. The normalized spacial score (nSPS) is 13.2. The molecule has 5 aromatic rings. The Bertz CT molecular complexity index is 2030. The summed E-state index contributed by atoms with van der Waals surface area (Å²) in [4.78, 5) is 0. The topological polar surface area (TPSA) is 9.86 Å². The van der Waals surface area contributed by atoms with Crippen molar-refractivity contribution in [2.75, 3.05) is 0 Å². The van der Waals surface area contributed by atoms with E-state index in [1.165, 1.54) is 61.5 Å². The van der Waals surface area contributed by atoms with Gasteiger partial charge < -0.3 is 0 Å². The summed E-state index contributed by atoms with van der Waals surface area (Å²) in [6, 6.07) is 28.4. The van der Waals surface area contributed by atoms with Gasteiger partial charge in [0.1, 0.15) is 0 Å². The molecule has 5 heteroatoms. The van der Waals surface area contributed by atoms with Crippen LogP contribution >= 0.6 is 19.4 Å². The third-order valence-corrected chi connectivity index (χ3v) is 15.4. The van der Waals surface area contributed by atoms with Crippen molar-refractivity contribution in [3.05, 3.63) is 151 Å². The summed E-state index contributed by atoms with van der Waals surface area (Å²) in [5, 5.41) is 0. The van der Waals surface area contributed by atoms with Gasteiger partial charge in [0.2, 0.25) is 0 Å². The van der Waals surface area contributed by atoms with Crippen LogP contribution in [0.1, 0.15) is 76.8 Å². The second kappa shape index (κ2) is 13.0. The van der Waals surface area contributed by atoms with E-state index >= 15 is 0 Å². The molecule has 0 spiro atoms. The van der Waals surface area contributed by atoms with Gasteiger partial charge in [0.25, 0.3) is 0 Å². The molecular formula is C40H42Cl2N2Ru. The van der Waals surface area contributed by atoms with Crippen molar-refractivity contribution in [3.8, 4) is 11.4 Å². The number of fused-ring (bicyclic) bond motifs is 1. The van der Waals surface area contributed by atoms with Crippen LogP contribution in [0.5, 0.6) is 0 Å². The van der Waals surface area contributed by atoms with E-state index in [1.807, 2.05) is 0 Å². The second-order valence-electron chi connectivity index (χ2n) is 12.2. The monoisotopic (exact) mass is 722 g/mol. The summed E-state index contributed by atoms with van der Waals surface area (Å²) in [6.07, 6.45) is 10.8. The molecule has 1 aliphatic rings. The van der Waals surface area contributed by atoms with E-state index in [9.17, 15) is 0 Å². The first-order chi connectivity index (χ1) is 21.6. The van der Waals surface area contributed by atoms with Crippen molar-refractivity contribution >= 4 is 29.1 Å². The Hall–Kier alpha value is -3.10. The number of nitrogens with zero attached hydrogens (tertiary/aromatic N) is 2. The fraction of sp³-hybridized carbons (Fsp3) is 0.250. The third kappa shape index (κ3) is 5.85. The van der Waals surface area contributed by atoms with Crippen molar-refractivity contribution in [2.24, 2.45) is 0 Å². The quantitative estimate of drug-likeness (QED) is 0.148. The first-order valence-electron chi connectivity index (χ1n) is 15.9. The first kappa shape index (κ1) is 31.9. The van der Waals surface area contributed by atoms with E-state index in [0.29, 0.717) is 0 Å². The van der Waals surface area contributed by atoms with Crippen LogP contribution in [0.25, 0.3) is 16.9 Å². The van der Waals surface area contributed by atoms with Gasteiger partial charge in [0.05, 0.1) is 0 Å². The van der Waals surface area contributed by atoms with Crippen LogP contribution < -0.4 is 0 Å². The second-order valence-corrected chi connectivity index (χ2v) is 21.4. The molecule has 0 atom stereocenters. The summed E-state index contributed by atoms with van der Waals surface area (Å²) in [5.74, 6) is 0. The summed E-state index contributed by atoms with van der Waals surface area (Å²) in [7, 11) is 16.1. The maximum atomic E-state index is 8.04. The molecule has 1 heterocycles. The van der Waals surface area contributed by atoms with Crippen molar-refractivity contribution < 1.29 is 11.9 Å². The van der Waals surface area contributed by atoms with Crippen molar-refractivity contribution in [2.45, 2.75) is 67.2 Å². The third-order valence-electron chi connectivity index (χ3n) is 8.58. The Balaban J connectivity index is 1.85. The first-order valence-corrected chi connectivity index (χ1v) is 22.1. The number of allylic oxidation sites excluding steroid dienone is 1. The van der Waals surface area contributed by atoms with Crippen LogP contribution in [0, 0.1) is 31.7 Å². The van der Waals surface area contributed by atoms with E-state index in [1.54, 1.807) is 0 Å². The fourth-order valence-corrected chi connectivity index (χ4v) is 13.4. The summed E-state index contributed by atoms with van der Waals surface area (Å²) < 4.78 is 6.72. The van der Waals surface area contributed by atoms with Gasteiger partial charge in [0, 0.05) is 0 Å². The fourth-order valence-electron chi connectivity index (χ4n) is 6.94. The van der Waals surface area contributed by atoms with Gasteiger partial charge in [-0.15, -0.1) is 0 Å². The van der Waals surface area contributed by atoms with E-state index in [0.717, 1.165) is 39.4 Å². The number of imidazole rings is 1. The molecule has 4 aromatic carbocycles. The molecule has 1 aliphatic carbocycles. The summed E-state index contributed by atoms with van der Waals surface area (Å²) >= 11 is -3.89. The zero-order valence-corrected chi connectivity index (χ0v) is 30.3. The van der Waals surface area contributed by atoms with Crippen LogP contribution in [-0.2, 0) is 24.7 Å². The molecule has 0 saturated heterocycles. The Labute approximate surface area is 278 Å². The molecule has 234 valence electrons. The van der Waals surface area contributed by atoms with Gasteiger partial charge in [-0.1, -0.05) is 0 Å². The van der Waals surface area contributed by atoms with Gasteiger partial charge >= 0.3 is 280 Å². The Kier molecular flexibility index (Phi) is 9.17. The molecule has 0 radical (unpaired) electrons. The molecule has 45 heavy (non-hydrogen) atoms. The number of rotatable bonds is 7. The maximum absolute atomic E-state index is 8.04. The molecule has 0 unspecified atom stereocenters. The molecule has 0 amide bonds. The minimum absolute atomic E-state index is 0.985. The average Bonchev–Trinajstić information content (AvgIpc) is 3.61. The van der Waals surface area contributed by atoms with E-state index in [4.69, 9.17) is 19.4 Å². The number of aromatic nitrogens is 2. The SMILES string of the molecule is CCCc1cc(C)cc(C)c1-n1ccn(-c2c(C)cc(C)cc2CCC)[c]1=[Ru]([Cl])([Cl])=[C]1C=C(c2ccccc2)c2ccccc21. The molecule has 0 aliphatic heterocycles. The van der Waals surface area contributed by atoms with Crippen LogP contribution in [-0.4, -0.2) is 13.2 Å². The average molecular weight is 723 g/mol. The molecule has 6 rings (SSSR count). The van der Waals surface area contributed by atoms with Gasteiger partial charge in [-0.25, -0.2) is 0 Å². The van der Waals surface area contributed by atoms with Crippen molar-refractivity contribution in [3.63, 3.8) is 0 Å². The molecule has 0 bridgehead atoms. The molecule has 2 nitrogen and oxygen atoms in total. The zero-order valence-electron chi connectivity index (χ0n) is 27.1. The van der Waals surface area contributed by atoms with Gasteiger partial charge in [-0.3, -0.25) is 0 Å². The predicted molar refractivity (Wildman–Crippen MR) is 191 cm³/mol. The van der Waals surface area contributed by atoms with Crippen molar-refractivity contribution in [1.82, 2.24) is 9.13 Å². The van der Waals surface area contributed by atoms with Crippen LogP contribution in [0.2, 0.25) is 0 Å². The van der Waals surface area contributed by atoms with E-state index in [-0.39, 0.29) is 0 Å². The van der Waals surface area contributed by atoms with Crippen molar-refractivity contribution in [1.29, 1.82) is 0 Å². The number of benzene rings is 4. The molecule has 0 saturated carbocycles. The summed E-state index contributed by atoms with van der Waals surface area (Å²) in [5.41, 5.74) is 14.7. The van der Waals surface area contributed by atoms with Crippen LogP contribution in [0.15, 0.2) is 97.3 Å². The zero-order chi connectivity index (χ0) is 31.9.